The second kappa shape index (κ2) is 6.96. The van der Waals surface area contributed by atoms with Gasteiger partial charge in [-0.15, -0.1) is 0 Å². The summed E-state index contributed by atoms with van der Waals surface area (Å²) in [5.41, 5.74) is 3.25. The summed E-state index contributed by atoms with van der Waals surface area (Å²) in [4.78, 5) is 2.14. The minimum Gasteiger partial charge on any atom is -0.395 e. The van der Waals surface area contributed by atoms with E-state index in [1.807, 2.05) is 6.07 Å². The van der Waals surface area contributed by atoms with E-state index in [1.165, 1.54) is 0 Å². The zero-order valence-corrected chi connectivity index (χ0v) is 12.0. The van der Waals surface area contributed by atoms with Gasteiger partial charge < -0.3 is 15.3 Å². The Kier molecular flexibility index (Phi) is 5.01. The van der Waals surface area contributed by atoms with Crippen molar-refractivity contribution in [2.75, 3.05) is 29.9 Å². The highest BCUT2D eigenvalue weighted by Gasteiger charge is 2.07. The molecule has 108 valence electrons. The molecule has 0 amide bonds. The Morgan fingerprint density at radius 1 is 1.30 bits per heavy atom. The highest BCUT2D eigenvalue weighted by molar-refractivity contribution is 5.55. The van der Waals surface area contributed by atoms with Gasteiger partial charge in [0.25, 0.3) is 0 Å². The summed E-state index contributed by atoms with van der Waals surface area (Å²) in [5, 5.41) is 19.4. The predicted octanol–water partition coefficient (Wildman–Crippen LogP) is 2.40. The van der Waals surface area contributed by atoms with Crippen LogP contribution in [0, 0.1) is 0 Å². The van der Waals surface area contributed by atoms with E-state index in [4.69, 9.17) is 5.11 Å². The van der Waals surface area contributed by atoms with E-state index >= 15 is 0 Å². The van der Waals surface area contributed by atoms with Gasteiger partial charge in [0.1, 0.15) is 0 Å². The number of hydrogen-bond acceptors (Lipinski definition) is 4. The Morgan fingerprint density at radius 3 is 2.60 bits per heavy atom. The highest BCUT2D eigenvalue weighted by atomic mass is 16.3. The van der Waals surface area contributed by atoms with Crippen molar-refractivity contribution in [1.82, 2.24) is 10.2 Å². The van der Waals surface area contributed by atoms with Gasteiger partial charge in [-0.1, -0.05) is 0 Å². The predicted molar refractivity (Wildman–Crippen MR) is 82.0 cm³/mol. The standard InChI is InChI=1S/C15H22N4O/c1-3-19(10-11-20)14-6-4-13(5-7-14)17-12(2)15-8-9-16-18-15/h4-9,12,17,20H,3,10-11H2,1-2H3,(H,16,18). The molecule has 0 bridgehead atoms. The van der Waals surface area contributed by atoms with Gasteiger partial charge in [-0.25, -0.2) is 0 Å². The first-order valence-electron chi connectivity index (χ1n) is 6.96. The SMILES string of the molecule is CCN(CCO)c1ccc(NC(C)c2ccn[nH]2)cc1. The van der Waals surface area contributed by atoms with Crippen LogP contribution in [0.3, 0.4) is 0 Å². The lowest BCUT2D eigenvalue weighted by atomic mass is 10.2. The molecule has 0 saturated heterocycles. The summed E-state index contributed by atoms with van der Waals surface area (Å²) in [5.74, 6) is 0. The summed E-state index contributed by atoms with van der Waals surface area (Å²) in [6, 6.07) is 10.4. The third kappa shape index (κ3) is 3.51. The van der Waals surface area contributed by atoms with Gasteiger partial charge in [0.05, 0.1) is 18.3 Å². The summed E-state index contributed by atoms with van der Waals surface area (Å²) < 4.78 is 0. The average Bonchev–Trinajstić information content (AvgIpc) is 3.00. The van der Waals surface area contributed by atoms with Gasteiger partial charge in [0.15, 0.2) is 0 Å². The fourth-order valence-corrected chi connectivity index (χ4v) is 2.19. The summed E-state index contributed by atoms with van der Waals surface area (Å²) in [6.07, 6.45) is 1.75. The largest absolute Gasteiger partial charge is 0.395 e. The molecular formula is C15H22N4O. The van der Waals surface area contributed by atoms with Crippen LogP contribution < -0.4 is 10.2 Å². The lowest BCUT2D eigenvalue weighted by molar-refractivity contribution is 0.302. The molecule has 1 heterocycles. The van der Waals surface area contributed by atoms with E-state index in [0.29, 0.717) is 6.54 Å². The van der Waals surface area contributed by atoms with Crippen molar-refractivity contribution in [3.8, 4) is 0 Å². The summed E-state index contributed by atoms with van der Waals surface area (Å²) in [7, 11) is 0. The molecule has 0 aliphatic heterocycles. The number of aliphatic hydroxyl groups excluding tert-OH is 1. The second-order valence-electron chi connectivity index (χ2n) is 4.73. The van der Waals surface area contributed by atoms with Gasteiger partial charge >= 0.3 is 0 Å². The molecule has 0 spiro atoms. The first-order chi connectivity index (χ1) is 9.74. The third-order valence-corrected chi connectivity index (χ3v) is 3.36. The Morgan fingerprint density at radius 2 is 2.05 bits per heavy atom. The van der Waals surface area contributed by atoms with E-state index in [-0.39, 0.29) is 12.6 Å². The molecule has 0 saturated carbocycles. The second-order valence-corrected chi connectivity index (χ2v) is 4.73. The normalized spacial score (nSPS) is 12.2. The molecule has 5 heteroatoms. The molecular weight excluding hydrogens is 252 g/mol. The van der Waals surface area contributed by atoms with E-state index in [0.717, 1.165) is 23.6 Å². The van der Waals surface area contributed by atoms with Crippen molar-refractivity contribution in [1.29, 1.82) is 0 Å². The molecule has 5 nitrogen and oxygen atoms in total. The number of rotatable bonds is 7. The van der Waals surface area contributed by atoms with Gasteiger partial charge in [0.2, 0.25) is 0 Å². The maximum atomic E-state index is 9.04. The number of aromatic nitrogens is 2. The monoisotopic (exact) mass is 274 g/mol. The molecule has 0 aliphatic carbocycles. The minimum absolute atomic E-state index is 0.171. The van der Waals surface area contributed by atoms with Crippen LogP contribution in [-0.2, 0) is 0 Å². The van der Waals surface area contributed by atoms with Crippen molar-refractivity contribution >= 4 is 11.4 Å². The van der Waals surface area contributed by atoms with E-state index in [9.17, 15) is 0 Å². The fraction of sp³-hybridized carbons (Fsp3) is 0.400. The number of hydrogen-bond donors (Lipinski definition) is 3. The van der Waals surface area contributed by atoms with E-state index in [1.54, 1.807) is 6.20 Å². The number of H-pyrrole nitrogens is 1. The highest BCUT2D eigenvalue weighted by Crippen LogP contribution is 2.21. The van der Waals surface area contributed by atoms with Crippen molar-refractivity contribution in [3.63, 3.8) is 0 Å². The minimum atomic E-state index is 0.171. The Balaban J connectivity index is 2.01. The van der Waals surface area contributed by atoms with Crippen LogP contribution >= 0.6 is 0 Å². The maximum Gasteiger partial charge on any atom is 0.0651 e. The average molecular weight is 274 g/mol. The van der Waals surface area contributed by atoms with Crippen molar-refractivity contribution in [2.45, 2.75) is 19.9 Å². The number of nitrogens with one attached hydrogen (secondary N) is 2. The molecule has 2 aromatic rings. The zero-order valence-electron chi connectivity index (χ0n) is 12.0. The van der Waals surface area contributed by atoms with Crippen LogP contribution in [0.25, 0.3) is 0 Å². The molecule has 0 fully saturated rings. The van der Waals surface area contributed by atoms with Crippen molar-refractivity contribution < 1.29 is 5.11 Å². The summed E-state index contributed by atoms with van der Waals surface area (Å²) >= 11 is 0. The number of likely N-dealkylation sites (N-methyl/N-ethyl adjacent to an activating group) is 1. The first-order valence-corrected chi connectivity index (χ1v) is 6.96. The smallest absolute Gasteiger partial charge is 0.0651 e. The number of aliphatic hydroxyl groups is 1. The van der Waals surface area contributed by atoms with Crippen molar-refractivity contribution in [2.24, 2.45) is 0 Å². The van der Waals surface area contributed by atoms with Crippen molar-refractivity contribution in [3.05, 3.63) is 42.2 Å². The third-order valence-electron chi connectivity index (χ3n) is 3.36. The Hall–Kier alpha value is -2.01. The Bertz CT molecular complexity index is 495. The van der Waals surface area contributed by atoms with E-state index in [2.05, 4.69) is 58.5 Å². The lowest BCUT2D eigenvalue weighted by Gasteiger charge is -2.22. The van der Waals surface area contributed by atoms with Gasteiger partial charge in [-0.05, 0) is 44.2 Å². The topological polar surface area (TPSA) is 64.2 Å². The first kappa shape index (κ1) is 14.4. The quantitative estimate of drug-likeness (QED) is 0.725. The molecule has 2 rings (SSSR count). The molecule has 1 aromatic carbocycles. The molecule has 3 N–H and O–H groups in total. The van der Waals surface area contributed by atoms with Gasteiger partial charge in [0, 0.05) is 30.7 Å². The summed E-state index contributed by atoms with van der Waals surface area (Å²) in [6.45, 7) is 5.89. The van der Waals surface area contributed by atoms with Crippen LogP contribution in [0.4, 0.5) is 11.4 Å². The van der Waals surface area contributed by atoms with Crippen LogP contribution in [0.15, 0.2) is 36.5 Å². The number of anilines is 2. The molecule has 1 atom stereocenters. The number of aromatic amines is 1. The van der Waals surface area contributed by atoms with Crippen LogP contribution in [0.2, 0.25) is 0 Å². The number of nitrogens with zero attached hydrogens (tertiary/aromatic N) is 2. The lowest BCUT2D eigenvalue weighted by Crippen LogP contribution is -2.25. The number of benzene rings is 1. The van der Waals surface area contributed by atoms with Crippen LogP contribution in [-0.4, -0.2) is 35.0 Å². The van der Waals surface area contributed by atoms with Gasteiger partial charge in [-0.3, -0.25) is 5.10 Å². The zero-order chi connectivity index (χ0) is 14.4. The maximum absolute atomic E-state index is 9.04. The molecule has 20 heavy (non-hydrogen) atoms. The van der Waals surface area contributed by atoms with E-state index < -0.39 is 0 Å². The molecule has 1 aromatic heterocycles. The molecule has 1 unspecified atom stereocenters. The molecule has 0 aliphatic rings. The van der Waals surface area contributed by atoms with Crippen LogP contribution in [0.1, 0.15) is 25.6 Å². The Labute approximate surface area is 119 Å². The van der Waals surface area contributed by atoms with Crippen LogP contribution in [0.5, 0.6) is 0 Å². The fourth-order valence-electron chi connectivity index (χ4n) is 2.19. The van der Waals surface area contributed by atoms with Gasteiger partial charge in [-0.2, -0.15) is 5.10 Å². The molecule has 0 radical (unpaired) electrons.